The molecule has 0 fully saturated rings. The number of hydrogen-bond donors (Lipinski definition) is 3. The second-order valence-corrected chi connectivity index (χ2v) is 21.5. The number of esters is 2. The van der Waals surface area contributed by atoms with Crippen LogP contribution in [0.3, 0.4) is 0 Å². The number of halogens is 2. The number of amides is 2. The predicted molar refractivity (Wildman–Crippen MR) is 330 cm³/mol. The predicted octanol–water partition coefficient (Wildman–Crippen LogP) is 16.8. The molecule has 0 bridgehead atoms. The van der Waals surface area contributed by atoms with Crippen molar-refractivity contribution in [1.29, 1.82) is 0 Å². The van der Waals surface area contributed by atoms with Crippen LogP contribution in [0.1, 0.15) is 88.5 Å². The Kier molecular flexibility index (Phi) is 19.1. The number of anilines is 3. The largest absolute Gasteiger partial charge is 0.456 e. The number of nitrogens with zero attached hydrogens (tertiary/aromatic N) is 2. The van der Waals surface area contributed by atoms with Crippen molar-refractivity contribution < 1.29 is 37.4 Å². The molecule has 2 aromatic heterocycles. The minimum Gasteiger partial charge on any atom is -0.456 e. The Hall–Kier alpha value is -10.4. The van der Waals surface area contributed by atoms with Crippen molar-refractivity contribution in [2.24, 2.45) is 0 Å². The Morgan fingerprint density at radius 1 is 0.405 bits per heavy atom. The molecule has 10 rings (SSSR count). The highest BCUT2D eigenvalue weighted by atomic mass is 19.1. The molecule has 0 saturated carbocycles. The van der Waals surface area contributed by atoms with Gasteiger partial charge in [0.05, 0.1) is 27.9 Å². The van der Waals surface area contributed by atoms with Crippen LogP contribution in [0.25, 0.3) is 55.6 Å². The molecule has 0 atom stereocenters. The number of aromatic nitrogens is 2. The van der Waals surface area contributed by atoms with Crippen LogP contribution < -0.4 is 16.4 Å². The summed E-state index contributed by atoms with van der Waals surface area (Å²) in [6.07, 6.45) is 5.93. The molecule has 0 aliphatic rings. The number of carbonyl (C=O) groups excluding carboxylic acids is 4. The van der Waals surface area contributed by atoms with Gasteiger partial charge in [0.25, 0.3) is 11.8 Å². The number of nitrogen functional groups attached to an aromatic ring is 1. The molecule has 0 saturated heterocycles. The van der Waals surface area contributed by atoms with Gasteiger partial charge in [-0.3, -0.25) is 19.6 Å². The zero-order chi connectivity index (χ0) is 60.0. The zero-order valence-electron chi connectivity index (χ0n) is 47.6. The monoisotopic (exact) mass is 1120 g/mol. The number of ether oxygens (including phenoxy) is 2. The molecule has 84 heavy (non-hydrogen) atoms. The second kappa shape index (κ2) is 26.9. The molecule has 0 aliphatic carbocycles. The van der Waals surface area contributed by atoms with Crippen molar-refractivity contribution in [1.82, 2.24) is 9.97 Å². The average Bonchev–Trinajstić information content (AvgIpc) is 3.55. The van der Waals surface area contributed by atoms with E-state index in [0.717, 1.165) is 44.6 Å². The van der Waals surface area contributed by atoms with Crippen molar-refractivity contribution in [3.05, 3.63) is 270 Å². The van der Waals surface area contributed by atoms with Gasteiger partial charge in [-0.25, -0.2) is 18.4 Å². The van der Waals surface area contributed by atoms with Crippen LogP contribution >= 0.6 is 0 Å². The molecule has 11 nitrogen and oxygen atoms in total. The fourth-order valence-corrected chi connectivity index (χ4v) is 8.63. The summed E-state index contributed by atoms with van der Waals surface area (Å²) < 4.78 is 39.2. The summed E-state index contributed by atoms with van der Waals surface area (Å²) in [6.45, 7) is 12.8. The van der Waals surface area contributed by atoms with E-state index < -0.39 is 34.9 Å². The normalized spacial score (nSPS) is 10.9. The number of carbonyl (C=O) groups is 4. The molecule has 0 unspecified atom stereocenters. The van der Waals surface area contributed by atoms with Gasteiger partial charge in [0.2, 0.25) is 0 Å². The fraction of sp³-hybridized carbons (Fsp3) is 0.127. The Morgan fingerprint density at radius 3 is 1.20 bits per heavy atom. The van der Waals surface area contributed by atoms with E-state index >= 15 is 0 Å². The van der Waals surface area contributed by atoms with Gasteiger partial charge in [-0.1, -0.05) is 152 Å². The summed E-state index contributed by atoms with van der Waals surface area (Å²) in [5, 5.41) is 5.78. The van der Waals surface area contributed by atoms with Crippen LogP contribution in [0, 0.1) is 18.6 Å². The van der Waals surface area contributed by atoms with E-state index in [1.807, 2.05) is 149 Å². The van der Waals surface area contributed by atoms with Crippen molar-refractivity contribution in [3.8, 4) is 55.6 Å². The fourth-order valence-electron chi connectivity index (χ4n) is 8.63. The summed E-state index contributed by atoms with van der Waals surface area (Å²) >= 11 is 0. The average molecular weight is 1120 g/mol. The molecule has 8 aromatic carbocycles. The Bertz CT molecular complexity index is 3960. The van der Waals surface area contributed by atoms with Crippen LogP contribution in [0.2, 0.25) is 0 Å². The molecule has 0 spiro atoms. The number of nitrogens with two attached hydrogens (primary N) is 1. The smallest absolute Gasteiger partial charge is 0.340 e. The van der Waals surface area contributed by atoms with Crippen LogP contribution in [-0.4, -0.2) is 44.9 Å². The van der Waals surface area contributed by atoms with Crippen LogP contribution in [-0.2, 0) is 9.47 Å². The molecule has 2 amide bonds. The topological polar surface area (TPSA) is 163 Å². The van der Waals surface area contributed by atoms with Gasteiger partial charge >= 0.3 is 11.9 Å². The van der Waals surface area contributed by atoms with E-state index in [9.17, 15) is 28.0 Å². The van der Waals surface area contributed by atoms with Crippen molar-refractivity contribution in [2.45, 2.75) is 59.7 Å². The highest BCUT2D eigenvalue weighted by molar-refractivity contribution is 6.09. The molecular formula is C71H63F2N5O6. The van der Waals surface area contributed by atoms with E-state index in [4.69, 9.17) is 15.2 Å². The maximum Gasteiger partial charge on any atom is 0.340 e. The maximum absolute atomic E-state index is 14.3. The molecule has 0 radical (unpaired) electrons. The SMILES string of the molecule is CC(C)(C)OC(=O)c1ccc(-c2ccccc2)cc1N.CC(C)(C)OC(=O)c1ccc(-c2ccccc2)cc1NC(=O)c1cncc(-c2ccccc2F)c1.Cc1ccc(-c2ccccc2)cc1NC(=O)c1cncc(-c2ccccc2F)c1. The van der Waals surface area contributed by atoms with Crippen LogP contribution in [0.4, 0.5) is 25.8 Å². The molecule has 0 aliphatic heterocycles. The van der Waals surface area contributed by atoms with E-state index in [1.165, 1.54) is 30.7 Å². The molecular weight excluding hydrogens is 1060 g/mol. The summed E-state index contributed by atoms with van der Waals surface area (Å²) in [7, 11) is 0. The van der Waals surface area contributed by atoms with Gasteiger partial charge in [-0.2, -0.15) is 0 Å². The lowest BCUT2D eigenvalue weighted by molar-refractivity contribution is 0.00581. The maximum atomic E-state index is 14.3. The highest BCUT2D eigenvalue weighted by Crippen LogP contribution is 2.31. The number of nitrogens with one attached hydrogen (secondary N) is 2. The Morgan fingerprint density at radius 2 is 0.774 bits per heavy atom. The third kappa shape index (κ3) is 16.2. The summed E-state index contributed by atoms with van der Waals surface area (Å²) in [5.74, 6) is -2.47. The number of hydrogen-bond acceptors (Lipinski definition) is 9. The summed E-state index contributed by atoms with van der Waals surface area (Å²) in [6, 6.07) is 62.0. The first-order valence-corrected chi connectivity index (χ1v) is 27.0. The summed E-state index contributed by atoms with van der Waals surface area (Å²) in [4.78, 5) is 59.2. The first-order chi connectivity index (χ1) is 40.2. The minimum absolute atomic E-state index is 0.228. The quantitative estimate of drug-likeness (QED) is 0.0845. The number of pyridine rings is 2. The van der Waals surface area contributed by atoms with Gasteiger partial charge < -0.3 is 25.8 Å². The van der Waals surface area contributed by atoms with Gasteiger partial charge in [0, 0.05) is 58.4 Å². The zero-order valence-corrected chi connectivity index (χ0v) is 47.6. The Balaban J connectivity index is 0.000000170. The van der Waals surface area contributed by atoms with E-state index in [0.29, 0.717) is 44.8 Å². The van der Waals surface area contributed by atoms with Crippen LogP contribution in [0.15, 0.2) is 231 Å². The van der Waals surface area contributed by atoms with Crippen molar-refractivity contribution >= 4 is 40.8 Å². The molecule has 2 heterocycles. The molecule has 10 aromatic rings. The number of benzene rings is 8. The van der Waals surface area contributed by atoms with Crippen molar-refractivity contribution in [2.75, 3.05) is 16.4 Å². The van der Waals surface area contributed by atoms with E-state index in [2.05, 4.69) is 20.6 Å². The van der Waals surface area contributed by atoms with Crippen molar-refractivity contribution in [3.63, 3.8) is 0 Å². The second-order valence-electron chi connectivity index (χ2n) is 21.5. The lowest BCUT2D eigenvalue weighted by atomic mass is 10.0. The minimum atomic E-state index is -0.700. The Labute approximate surface area is 488 Å². The molecule has 422 valence electrons. The molecule has 4 N–H and O–H groups in total. The first-order valence-electron chi connectivity index (χ1n) is 27.0. The van der Waals surface area contributed by atoms with Crippen LogP contribution in [0.5, 0.6) is 0 Å². The van der Waals surface area contributed by atoms with E-state index in [-0.39, 0.29) is 22.9 Å². The van der Waals surface area contributed by atoms with Gasteiger partial charge in [0.15, 0.2) is 0 Å². The lowest BCUT2D eigenvalue weighted by Gasteiger charge is -2.21. The van der Waals surface area contributed by atoms with E-state index in [1.54, 1.807) is 99.8 Å². The number of aryl methyl sites for hydroxylation is 1. The van der Waals surface area contributed by atoms with Gasteiger partial charge in [0.1, 0.15) is 22.8 Å². The summed E-state index contributed by atoms with van der Waals surface area (Å²) in [5.41, 5.74) is 16.1. The number of rotatable bonds is 11. The first kappa shape index (κ1) is 59.7. The lowest BCUT2D eigenvalue weighted by Crippen LogP contribution is -2.25. The highest BCUT2D eigenvalue weighted by Gasteiger charge is 2.24. The van der Waals surface area contributed by atoms with Gasteiger partial charge in [-0.05, 0) is 142 Å². The molecule has 13 heteroatoms. The standard InChI is InChI=1S/C29H25FN2O3.C25H19FN2O.C17H19NO2/c1-29(2,3)35-28(34)24-14-13-20(19-9-5-4-6-10-19)16-26(24)32-27(33)22-15-21(17-31-18-22)23-11-7-8-12-25(23)30;1-17-11-12-19(18-7-3-2-4-8-18)14-24(17)28-25(29)21-13-20(15-27-16-21)22-9-5-6-10-23(22)26;1-17(2,3)20-16(19)14-10-9-13(11-15(14)18)12-7-5-4-6-8-12/h4-18H,1-3H3,(H,32,33);2-16H,1H3,(H,28,29);4-11H,18H2,1-3H3. The van der Waals surface area contributed by atoms with Gasteiger partial charge in [-0.15, -0.1) is 0 Å². The third-order valence-electron chi connectivity index (χ3n) is 12.7. The third-order valence-corrected chi connectivity index (χ3v) is 12.7.